The van der Waals surface area contributed by atoms with Crippen LogP contribution >= 0.6 is 0 Å². The van der Waals surface area contributed by atoms with Gasteiger partial charge in [0.1, 0.15) is 11.4 Å². The predicted octanol–water partition coefficient (Wildman–Crippen LogP) is 2.58. The Morgan fingerprint density at radius 2 is 2.14 bits per heavy atom. The molecule has 1 saturated heterocycles. The lowest BCUT2D eigenvalue weighted by Crippen LogP contribution is -2.36. The molecule has 1 aromatic heterocycles. The predicted molar refractivity (Wildman–Crippen MR) is 81.3 cm³/mol. The van der Waals surface area contributed by atoms with Gasteiger partial charge >= 0.3 is 5.97 Å². The standard InChI is InChI=1S/C16H22N2O4/c1-3-4-6-11-7-5-8-18(11)15(19)13-9-12(22-2)10-14(17-13)16(20)21/h9-11H,3-8H2,1-2H3,(H,20,21). The molecule has 1 atom stereocenters. The summed E-state index contributed by atoms with van der Waals surface area (Å²) in [6, 6.07) is 3.05. The summed E-state index contributed by atoms with van der Waals surface area (Å²) in [6.45, 7) is 2.83. The van der Waals surface area contributed by atoms with E-state index in [-0.39, 0.29) is 23.3 Å². The lowest BCUT2D eigenvalue weighted by atomic mass is 10.1. The van der Waals surface area contributed by atoms with Gasteiger partial charge in [-0.2, -0.15) is 0 Å². The zero-order valence-corrected chi connectivity index (χ0v) is 13.0. The van der Waals surface area contributed by atoms with Gasteiger partial charge in [0.25, 0.3) is 5.91 Å². The third kappa shape index (κ3) is 3.55. The SMILES string of the molecule is CCCCC1CCCN1C(=O)c1cc(OC)cc(C(=O)O)n1. The molecule has 0 radical (unpaired) electrons. The highest BCUT2D eigenvalue weighted by molar-refractivity contribution is 5.95. The second-order valence-electron chi connectivity index (χ2n) is 5.52. The number of hydrogen-bond acceptors (Lipinski definition) is 4. The number of rotatable bonds is 6. The van der Waals surface area contributed by atoms with Gasteiger partial charge in [0.2, 0.25) is 0 Å². The molecule has 1 unspecified atom stereocenters. The molecule has 1 amide bonds. The van der Waals surface area contributed by atoms with Gasteiger partial charge < -0.3 is 14.7 Å². The van der Waals surface area contributed by atoms with Gasteiger partial charge in [0.15, 0.2) is 5.69 Å². The highest BCUT2D eigenvalue weighted by Gasteiger charge is 2.30. The first-order chi connectivity index (χ1) is 10.6. The van der Waals surface area contributed by atoms with Crippen molar-refractivity contribution in [2.45, 2.75) is 45.1 Å². The smallest absolute Gasteiger partial charge is 0.354 e. The van der Waals surface area contributed by atoms with Crippen molar-refractivity contribution in [3.8, 4) is 5.75 Å². The highest BCUT2D eigenvalue weighted by atomic mass is 16.5. The first-order valence-electron chi connectivity index (χ1n) is 7.67. The van der Waals surface area contributed by atoms with E-state index in [0.717, 1.165) is 32.1 Å². The lowest BCUT2D eigenvalue weighted by molar-refractivity contribution is 0.0688. The van der Waals surface area contributed by atoms with Crippen LogP contribution in [0.15, 0.2) is 12.1 Å². The van der Waals surface area contributed by atoms with Gasteiger partial charge in [0.05, 0.1) is 7.11 Å². The molecule has 0 bridgehead atoms. The molecule has 1 N–H and O–H groups in total. The number of aromatic carboxylic acids is 1. The summed E-state index contributed by atoms with van der Waals surface area (Å²) in [7, 11) is 1.44. The van der Waals surface area contributed by atoms with E-state index in [1.54, 1.807) is 0 Å². The van der Waals surface area contributed by atoms with E-state index in [1.165, 1.54) is 19.2 Å². The average Bonchev–Trinajstić information content (AvgIpc) is 2.99. The number of unbranched alkanes of at least 4 members (excludes halogenated alkanes) is 1. The highest BCUT2D eigenvalue weighted by Crippen LogP contribution is 2.25. The van der Waals surface area contributed by atoms with Crippen LogP contribution in [0, 0.1) is 0 Å². The first kappa shape index (κ1) is 16.3. The van der Waals surface area contributed by atoms with Crippen molar-refractivity contribution in [1.82, 2.24) is 9.88 Å². The summed E-state index contributed by atoms with van der Waals surface area (Å²) in [6.07, 6.45) is 5.15. The molecule has 120 valence electrons. The molecule has 0 aromatic carbocycles. The first-order valence-corrected chi connectivity index (χ1v) is 7.67. The Balaban J connectivity index is 2.24. The lowest BCUT2D eigenvalue weighted by Gasteiger charge is -2.24. The fourth-order valence-corrected chi connectivity index (χ4v) is 2.83. The summed E-state index contributed by atoms with van der Waals surface area (Å²) in [5.41, 5.74) is -0.0350. The fourth-order valence-electron chi connectivity index (χ4n) is 2.83. The van der Waals surface area contributed by atoms with Crippen molar-refractivity contribution < 1.29 is 19.4 Å². The molecule has 2 heterocycles. The van der Waals surface area contributed by atoms with E-state index in [4.69, 9.17) is 9.84 Å². The van der Waals surface area contributed by atoms with Gasteiger partial charge in [-0.05, 0) is 19.3 Å². The van der Waals surface area contributed by atoms with Crippen LogP contribution in [0.2, 0.25) is 0 Å². The average molecular weight is 306 g/mol. The molecular formula is C16H22N2O4. The molecule has 1 fully saturated rings. The van der Waals surface area contributed by atoms with E-state index in [1.807, 2.05) is 4.90 Å². The summed E-state index contributed by atoms with van der Waals surface area (Å²) < 4.78 is 5.08. The van der Waals surface area contributed by atoms with Crippen molar-refractivity contribution in [1.29, 1.82) is 0 Å². The van der Waals surface area contributed by atoms with Gasteiger partial charge in [0, 0.05) is 24.7 Å². The van der Waals surface area contributed by atoms with Crippen molar-refractivity contribution in [2.24, 2.45) is 0 Å². The number of carboxylic acid groups (broad SMARTS) is 1. The van der Waals surface area contributed by atoms with Crippen molar-refractivity contribution in [3.05, 3.63) is 23.5 Å². The van der Waals surface area contributed by atoms with Gasteiger partial charge in [-0.3, -0.25) is 4.79 Å². The number of ether oxygens (including phenoxy) is 1. The van der Waals surface area contributed by atoms with Gasteiger partial charge in [-0.15, -0.1) is 0 Å². The Hall–Kier alpha value is -2.11. The molecular weight excluding hydrogens is 284 g/mol. The molecule has 0 saturated carbocycles. The summed E-state index contributed by atoms with van der Waals surface area (Å²) in [4.78, 5) is 29.6. The van der Waals surface area contributed by atoms with E-state index >= 15 is 0 Å². The van der Waals surface area contributed by atoms with E-state index in [0.29, 0.717) is 12.3 Å². The molecule has 1 aliphatic rings. The molecule has 6 heteroatoms. The fraction of sp³-hybridized carbons (Fsp3) is 0.562. The number of aromatic nitrogens is 1. The Labute approximate surface area is 130 Å². The van der Waals surface area contributed by atoms with Crippen LogP contribution in [-0.4, -0.2) is 46.6 Å². The number of nitrogens with zero attached hydrogens (tertiary/aromatic N) is 2. The molecule has 0 spiro atoms. The van der Waals surface area contributed by atoms with Crippen LogP contribution in [0.25, 0.3) is 0 Å². The van der Waals surface area contributed by atoms with Gasteiger partial charge in [-0.1, -0.05) is 19.8 Å². The Morgan fingerprint density at radius 1 is 1.41 bits per heavy atom. The van der Waals surface area contributed by atoms with Crippen LogP contribution in [-0.2, 0) is 0 Å². The molecule has 2 rings (SSSR count). The van der Waals surface area contributed by atoms with E-state index < -0.39 is 5.97 Å². The summed E-state index contributed by atoms with van der Waals surface area (Å²) in [5.74, 6) is -1.04. The minimum absolute atomic E-state index is 0.139. The minimum Gasteiger partial charge on any atom is -0.497 e. The number of methoxy groups -OCH3 is 1. The van der Waals surface area contributed by atoms with E-state index in [9.17, 15) is 9.59 Å². The number of carboxylic acids is 1. The Morgan fingerprint density at radius 3 is 2.77 bits per heavy atom. The van der Waals surface area contributed by atoms with Gasteiger partial charge in [-0.25, -0.2) is 9.78 Å². The molecule has 6 nitrogen and oxygen atoms in total. The number of carbonyl (C=O) groups excluding carboxylic acids is 1. The van der Waals surface area contributed by atoms with Crippen LogP contribution in [0.4, 0.5) is 0 Å². The topological polar surface area (TPSA) is 79.7 Å². The minimum atomic E-state index is -1.17. The quantitative estimate of drug-likeness (QED) is 0.873. The Kier molecular flexibility index (Phi) is 5.35. The van der Waals surface area contributed by atoms with Crippen LogP contribution in [0.3, 0.4) is 0 Å². The largest absolute Gasteiger partial charge is 0.497 e. The maximum absolute atomic E-state index is 12.7. The second-order valence-corrected chi connectivity index (χ2v) is 5.52. The molecule has 22 heavy (non-hydrogen) atoms. The van der Waals surface area contributed by atoms with Crippen LogP contribution < -0.4 is 4.74 Å². The number of carbonyl (C=O) groups is 2. The monoisotopic (exact) mass is 306 g/mol. The molecule has 1 aliphatic heterocycles. The van der Waals surface area contributed by atoms with Crippen molar-refractivity contribution in [3.63, 3.8) is 0 Å². The summed E-state index contributed by atoms with van der Waals surface area (Å²) in [5, 5.41) is 9.10. The zero-order chi connectivity index (χ0) is 16.1. The summed E-state index contributed by atoms with van der Waals surface area (Å²) >= 11 is 0. The van der Waals surface area contributed by atoms with Crippen molar-refractivity contribution in [2.75, 3.05) is 13.7 Å². The number of hydrogen-bond donors (Lipinski definition) is 1. The second kappa shape index (κ2) is 7.24. The number of likely N-dealkylation sites (tertiary alicyclic amines) is 1. The normalized spacial score (nSPS) is 17.5. The molecule has 0 aliphatic carbocycles. The Bertz CT molecular complexity index is 559. The maximum atomic E-state index is 12.7. The third-order valence-corrected chi connectivity index (χ3v) is 4.00. The van der Waals surface area contributed by atoms with Crippen LogP contribution in [0.5, 0.6) is 5.75 Å². The zero-order valence-electron chi connectivity index (χ0n) is 13.0. The van der Waals surface area contributed by atoms with Crippen molar-refractivity contribution >= 4 is 11.9 Å². The van der Waals surface area contributed by atoms with Crippen LogP contribution in [0.1, 0.15) is 60.0 Å². The number of pyridine rings is 1. The van der Waals surface area contributed by atoms with E-state index in [2.05, 4.69) is 11.9 Å². The molecule has 1 aromatic rings. The third-order valence-electron chi connectivity index (χ3n) is 4.00. The number of amides is 1. The maximum Gasteiger partial charge on any atom is 0.354 e.